The van der Waals surface area contributed by atoms with E-state index < -0.39 is 32.5 Å². The third-order valence-corrected chi connectivity index (χ3v) is 6.60. The molecule has 0 aromatic rings. The van der Waals surface area contributed by atoms with E-state index >= 15 is 0 Å². The summed E-state index contributed by atoms with van der Waals surface area (Å²) in [5.41, 5.74) is 0. The number of hydrogen-bond acceptors (Lipinski definition) is 6. The summed E-state index contributed by atoms with van der Waals surface area (Å²) < 4.78 is 25.9. The fourth-order valence-corrected chi connectivity index (χ4v) is 4.19. The molecule has 0 rings (SSSR count). The van der Waals surface area contributed by atoms with Gasteiger partial charge in [0.15, 0.2) is 6.10 Å². The van der Waals surface area contributed by atoms with Crippen LogP contribution >= 0.6 is 7.82 Å². The van der Waals surface area contributed by atoms with Gasteiger partial charge in [-0.3, -0.25) is 14.1 Å². The normalized spacial score (nSPS) is 13.2. The molecule has 1 unspecified atom stereocenters. The molecule has 8 nitrogen and oxygen atoms in total. The Balaban J connectivity index is 3.95. The van der Waals surface area contributed by atoms with Crippen LogP contribution in [0.1, 0.15) is 123 Å². The molecule has 0 amide bonds. The highest BCUT2D eigenvalue weighted by Crippen LogP contribution is 2.35. The molecule has 0 aliphatic heterocycles. The Morgan fingerprint density at radius 3 is 1.76 bits per heavy atom. The van der Waals surface area contributed by atoms with Crippen molar-refractivity contribution in [3.63, 3.8) is 0 Å². The molecule has 0 aromatic heterocycles. The summed E-state index contributed by atoms with van der Waals surface area (Å²) in [4.78, 5) is 42.0. The first-order chi connectivity index (χ1) is 19.8. The van der Waals surface area contributed by atoms with E-state index in [0.717, 1.165) is 83.5 Å². The Bertz CT molecular complexity index is 813. The number of unbranched alkanes of at least 4 members (excludes halogenated alkanes) is 9. The molecule has 0 bridgehead atoms. The summed E-state index contributed by atoms with van der Waals surface area (Å²) in [5.74, 6) is -0.928. The quantitative estimate of drug-likeness (QED) is 0.0418. The first kappa shape index (κ1) is 39.0. The highest BCUT2D eigenvalue weighted by molar-refractivity contribution is 7.46. The zero-order valence-electron chi connectivity index (χ0n) is 25.4. The van der Waals surface area contributed by atoms with Gasteiger partial charge in [0.25, 0.3) is 0 Å². The van der Waals surface area contributed by atoms with Gasteiger partial charge in [0.05, 0.1) is 6.61 Å². The lowest BCUT2D eigenvalue weighted by Crippen LogP contribution is -2.29. The van der Waals surface area contributed by atoms with Gasteiger partial charge in [0.1, 0.15) is 6.61 Å². The van der Waals surface area contributed by atoms with Gasteiger partial charge in [0, 0.05) is 12.8 Å². The van der Waals surface area contributed by atoms with Gasteiger partial charge in [-0.1, -0.05) is 107 Å². The molecule has 0 saturated carbocycles. The molecule has 0 fully saturated rings. The van der Waals surface area contributed by atoms with E-state index in [2.05, 4.69) is 67.0 Å². The number of esters is 2. The molecule has 0 saturated heterocycles. The summed E-state index contributed by atoms with van der Waals surface area (Å²) in [5, 5.41) is 0. The molecule has 0 spiro atoms. The standard InChI is InChI=1S/C32H55O8P/c1-3-5-7-9-10-11-12-13-14-15-16-17-18-19-20-21-22-23-25-27-32(34)40-30(29-39-41(35,36)37)28-38-31(33)26-24-8-6-4-2/h5,7,10-11,13-14,16-17,30H,3-4,6,8-9,12,15,18-29H2,1-2H3,(H2,35,36,37)/b7-5-,11-10-,14-13-,17-16-. The maximum absolute atomic E-state index is 12.2. The van der Waals surface area contributed by atoms with Crippen LogP contribution in [0.2, 0.25) is 0 Å². The Labute approximate surface area is 248 Å². The number of allylic oxidation sites excluding steroid dienone is 8. The number of phosphoric ester groups is 1. The highest BCUT2D eigenvalue weighted by Gasteiger charge is 2.22. The molecule has 0 heterocycles. The average molecular weight is 599 g/mol. The Hall–Kier alpha value is -1.99. The van der Waals surface area contributed by atoms with E-state index in [1.165, 1.54) is 0 Å². The van der Waals surface area contributed by atoms with Crippen LogP contribution in [0.4, 0.5) is 0 Å². The van der Waals surface area contributed by atoms with E-state index in [4.69, 9.17) is 19.3 Å². The van der Waals surface area contributed by atoms with E-state index in [0.29, 0.717) is 12.8 Å². The minimum Gasteiger partial charge on any atom is -0.462 e. The second-order valence-corrected chi connectivity index (χ2v) is 11.3. The predicted octanol–water partition coefficient (Wildman–Crippen LogP) is 8.45. The molecular formula is C32H55O8P. The summed E-state index contributed by atoms with van der Waals surface area (Å²) in [6, 6.07) is 0. The van der Waals surface area contributed by atoms with Crippen molar-refractivity contribution in [3.8, 4) is 0 Å². The fourth-order valence-electron chi connectivity index (χ4n) is 3.83. The summed E-state index contributed by atoms with van der Waals surface area (Å²) in [7, 11) is -4.74. The number of phosphoric acid groups is 1. The zero-order chi connectivity index (χ0) is 30.4. The predicted molar refractivity (Wildman–Crippen MR) is 165 cm³/mol. The molecular weight excluding hydrogens is 543 g/mol. The van der Waals surface area contributed by atoms with E-state index in [1.807, 2.05) is 0 Å². The Morgan fingerprint density at radius 1 is 0.659 bits per heavy atom. The van der Waals surface area contributed by atoms with Crippen LogP contribution in [0.3, 0.4) is 0 Å². The Morgan fingerprint density at radius 2 is 1.17 bits per heavy atom. The summed E-state index contributed by atoms with van der Waals surface area (Å²) in [6.07, 6.45) is 31.8. The van der Waals surface area contributed by atoms with Crippen molar-refractivity contribution in [1.82, 2.24) is 0 Å². The largest absolute Gasteiger partial charge is 0.469 e. The van der Waals surface area contributed by atoms with Crippen molar-refractivity contribution in [2.24, 2.45) is 0 Å². The average Bonchev–Trinajstić information content (AvgIpc) is 2.93. The zero-order valence-corrected chi connectivity index (χ0v) is 26.3. The maximum atomic E-state index is 12.2. The summed E-state index contributed by atoms with van der Waals surface area (Å²) >= 11 is 0. The van der Waals surface area contributed by atoms with Crippen molar-refractivity contribution >= 4 is 19.8 Å². The van der Waals surface area contributed by atoms with Crippen LogP contribution in [0.5, 0.6) is 0 Å². The monoisotopic (exact) mass is 598 g/mol. The lowest BCUT2D eigenvalue weighted by atomic mass is 10.1. The van der Waals surface area contributed by atoms with E-state index in [9.17, 15) is 14.2 Å². The molecule has 0 aliphatic carbocycles. The van der Waals surface area contributed by atoms with Gasteiger partial charge < -0.3 is 19.3 Å². The van der Waals surface area contributed by atoms with Gasteiger partial charge in [-0.05, 0) is 51.4 Å². The minimum absolute atomic E-state index is 0.194. The van der Waals surface area contributed by atoms with E-state index in [1.54, 1.807) is 0 Å². The molecule has 0 aliphatic rings. The van der Waals surface area contributed by atoms with Crippen molar-refractivity contribution < 1.29 is 37.9 Å². The lowest BCUT2D eigenvalue weighted by Gasteiger charge is -2.18. The van der Waals surface area contributed by atoms with Crippen molar-refractivity contribution in [2.45, 2.75) is 129 Å². The van der Waals surface area contributed by atoms with Crippen LogP contribution in [-0.4, -0.2) is 41.0 Å². The molecule has 236 valence electrons. The Kier molecular flexibility index (Phi) is 26.8. The van der Waals surface area contributed by atoms with Crippen molar-refractivity contribution in [1.29, 1.82) is 0 Å². The first-order valence-corrected chi connectivity index (χ1v) is 17.0. The van der Waals surface area contributed by atoms with Crippen LogP contribution < -0.4 is 0 Å². The minimum atomic E-state index is -4.74. The van der Waals surface area contributed by atoms with Crippen LogP contribution in [0.25, 0.3) is 0 Å². The number of rotatable bonds is 27. The molecule has 0 radical (unpaired) electrons. The van der Waals surface area contributed by atoms with Gasteiger partial charge >= 0.3 is 19.8 Å². The van der Waals surface area contributed by atoms with Gasteiger partial charge in [-0.15, -0.1) is 0 Å². The maximum Gasteiger partial charge on any atom is 0.469 e. The lowest BCUT2D eigenvalue weighted by molar-refractivity contribution is -0.161. The van der Waals surface area contributed by atoms with Crippen LogP contribution in [0, 0.1) is 0 Å². The SMILES string of the molecule is CC/C=C\C/C=C\C/C=C\C/C=C\CCCCCCCCC(=O)OC(COC(=O)CCCCCC)COP(=O)(O)O. The van der Waals surface area contributed by atoms with Gasteiger partial charge in [0.2, 0.25) is 0 Å². The molecule has 9 heteroatoms. The number of carbonyl (C=O) groups is 2. The second-order valence-electron chi connectivity index (χ2n) is 10.1. The number of carbonyl (C=O) groups excluding carboxylic acids is 2. The molecule has 41 heavy (non-hydrogen) atoms. The number of ether oxygens (including phenoxy) is 2. The fraction of sp³-hybridized carbons (Fsp3) is 0.688. The van der Waals surface area contributed by atoms with Crippen molar-refractivity contribution in [3.05, 3.63) is 48.6 Å². The van der Waals surface area contributed by atoms with E-state index in [-0.39, 0.29) is 19.4 Å². The molecule has 2 N–H and O–H groups in total. The van der Waals surface area contributed by atoms with Crippen LogP contribution in [0.15, 0.2) is 48.6 Å². The topological polar surface area (TPSA) is 119 Å². The highest BCUT2D eigenvalue weighted by atomic mass is 31.2. The molecule has 0 aromatic carbocycles. The van der Waals surface area contributed by atoms with Gasteiger partial charge in [-0.25, -0.2) is 4.57 Å². The van der Waals surface area contributed by atoms with Crippen molar-refractivity contribution in [2.75, 3.05) is 13.2 Å². The second kappa shape index (κ2) is 28.1. The first-order valence-electron chi connectivity index (χ1n) is 15.4. The summed E-state index contributed by atoms with van der Waals surface area (Å²) in [6.45, 7) is 3.38. The van der Waals surface area contributed by atoms with Crippen LogP contribution in [-0.2, 0) is 28.2 Å². The third-order valence-electron chi connectivity index (χ3n) is 6.11. The molecule has 1 atom stereocenters. The van der Waals surface area contributed by atoms with Gasteiger partial charge in [-0.2, -0.15) is 0 Å². The third kappa shape index (κ3) is 30.8. The smallest absolute Gasteiger partial charge is 0.462 e. The number of hydrogen-bond donors (Lipinski definition) is 2.